The number of nitrogens with one attached hydrogen (secondary N) is 2. The van der Waals surface area contributed by atoms with Gasteiger partial charge in [-0.05, 0) is 24.1 Å². The summed E-state index contributed by atoms with van der Waals surface area (Å²) in [5.74, 6) is 0.732. The highest BCUT2D eigenvalue weighted by atomic mass is 19.4. The third kappa shape index (κ3) is 4.21. The number of rotatable bonds is 4. The van der Waals surface area contributed by atoms with Crippen molar-refractivity contribution < 1.29 is 22.9 Å². The summed E-state index contributed by atoms with van der Waals surface area (Å²) < 4.78 is 38.0. The lowest BCUT2D eigenvalue weighted by Crippen LogP contribution is -2.50. The SMILES string of the molecule is O=C(CCc1c[nH]c2ccccc12)N1CCN(c2ccc(C(F)(F)F)c[nH+]2)CC1. The van der Waals surface area contributed by atoms with Gasteiger partial charge in [0.05, 0.1) is 18.7 Å². The highest BCUT2D eigenvalue weighted by molar-refractivity contribution is 5.84. The minimum atomic E-state index is -4.36. The Hall–Kier alpha value is -3.03. The molecule has 0 unspecified atom stereocenters. The normalized spacial score (nSPS) is 15.1. The molecule has 3 aromatic rings. The van der Waals surface area contributed by atoms with E-state index in [2.05, 4.69) is 9.97 Å². The van der Waals surface area contributed by atoms with Crippen LogP contribution in [0.3, 0.4) is 0 Å². The fourth-order valence-corrected chi connectivity index (χ4v) is 3.72. The van der Waals surface area contributed by atoms with Crippen molar-refractivity contribution in [1.29, 1.82) is 0 Å². The highest BCUT2D eigenvalue weighted by Gasteiger charge is 2.33. The zero-order valence-electron chi connectivity index (χ0n) is 15.8. The molecule has 0 aliphatic carbocycles. The molecule has 0 spiro atoms. The van der Waals surface area contributed by atoms with Crippen molar-refractivity contribution in [3.8, 4) is 0 Å². The monoisotopic (exact) mass is 403 g/mol. The number of anilines is 1. The molecule has 1 fully saturated rings. The van der Waals surface area contributed by atoms with E-state index in [1.165, 1.54) is 6.07 Å². The van der Waals surface area contributed by atoms with Gasteiger partial charge in [-0.3, -0.25) is 9.69 Å². The highest BCUT2D eigenvalue weighted by Crippen LogP contribution is 2.28. The number of carbonyl (C=O) groups is 1. The number of carbonyl (C=O) groups excluding carboxylic acids is 1. The number of amides is 1. The van der Waals surface area contributed by atoms with E-state index >= 15 is 0 Å². The number of aromatic nitrogens is 2. The molecule has 0 saturated carbocycles. The van der Waals surface area contributed by atoms with Crippen LogP contribution in [-0.4, -0.2) is 42.0 Å². The number of aromatic amines is 2. The third-order valence-electron chi connectivity index (χ3n) is 5.38. The fourth-order valence-electron chi connectivity index (χ4n) is 3.72. The quantitative estimate of drug-likeness (QED) is 0.727. The summed E-state index contributed by atoms with van der Waals surface area (Å²) in [6, 6.07) is 10.5. The Labute approximate surface area is 166 Å². The maximum Gasteiger partial charge on any atom is 0.419 e. The fraction of sp³-hybridized carbons (Fsp3) is 0.333. The van der Waals surface area contributed by atoms with Gasteiger partial charge >= 0.3 is 6.18 Å². The molecule has 0 bridgehead atoms. The molecular formula is C21H22F3N4O+. The molecule has 0 atom stereocenters. The van der Waals surface area contributed by atoms with Gasteiger partial charge in [-0.25, -0.2) is 4.98 Å². The zero-order chi connectivity index (χ0) is 20.4. The first kappa shape index (κ1) is 19.3. The topological polar surface area (TPSA) is 53.5 Å². The summed E-state index contributed by atoms with van der Waals surface area (Å²) in [4.78, 5) is 22.3. The second-order valence-corrected chi connectivity index (χ2v) is 7.19. The van der Waals surface area contributed by atoms with E-state index < -0.39 is 11.7 Å². The van der Waals surface area contributed by atoms with Crippen LogP contribution < -0.4 is 9.88 Å². The van der Waals surface area contributed by atoms with Crippen molar-refractivity contribution in [3.05, 3.63) is 59.9 Å². The second-order valence-electron chi connectivity index (χ2n) is 7.19. The molecule has 0 radical (unpaired) electrons. The minimum Gasteiger partial charge on any atom is -0.361 e. The maximum absolute atomic E-state index is 12.7. The molecular weight excluding hydrogens is 381 g/mol. The molecule has 1 saturated heterocycles. The standard InChI is InChI=1S/C21H21F3N4O/c22-21(23,24)16-6-7-19(26-14-16)27-9-11-28(12-10-27)20(29)8-5-15-13-25-18-4-2-1-3-17(15)18/h1-4,6-7,13-14,25H,5,8-12H2/p+1. The maximum atomic E-state index is 12.7. The molecule has 1 aliphatic heterocycles. The van der Waals surface area contributed by atoms with Gasteiger partial charge in [0, 0.05) is 29.6 Å². The first-order valence-corrected chi connectivity index (χ1v) is 9.58. The number of benzene rings is 1. The summed E-state index contributed by atoms with van der Waals surface area (Å²) in [6.45, 7) is 2.28. The summed E-state index contributed by atoms with van der Waals surface area (Å²) in [6.07, 6.45) is -0.306. The largest absolute Gasteiger partial charge is 0.419 e. The predicted molar refractivity (Wildman–Crippen MR) is 103 cm³/mol. The molecule has 2 aromatic heterocycles. The zero-order valence-corrected chi connectivity index (χ0v) is 15.8. The number of alkyl halides is 3. The third-order valence-corrected chi connectivity index (χ3v) is 5.38. The average Bonchev–Trinajstić information content (AvgIpc) is 3.15. The number of para-hydroxylation sites is 1. The van der Waals surface area contributed by atoms with Crippen LogP contribution in [0.4, 0.5) is 19.0 Å². The first-order chi connectivity index (χ1) is 13.9. The summed E-state index contributed by atoms with van der Waals surface area (Å²) in [5.41, 5.74) is 1.50. The van der Waals surface area contributed by atoms with Gasteiger partial charge in [-0.15, -0.1) is 0 Å². The molecule has 4 rings (SSSR count). The van der Waals surface area contributed by atoms with Gasteiger partial charge in [0.25, 0.3) is 5.82 Å². The van der Waals surface area contributed by atoms with Gasteiger partial charge in [0.1, 0.15) is 19.3 Å². The molecule has 5 nitrogen and oxygen atoms in total. The van der Waals surface area contributed by atoms with Crippen molar-refractivity contribution in [2.45, 2.75) is 19.0 Å². The lowest BCUT2D eigenvalue weighted by atomic mass is 10.1. The number of H-pyrrole nitrogens is 2. The van der Waals surface area contributed by atoms with Crippen LogP contribution >= 0.6 is 0 Å². The molecule has 2 N–H and O–H groups in total. The molecule has 29 heavy (non-hydrogen) atoms. The molecule has 1 amide bonds. The Bertz CT molecular complexity index is 989. The van der Waals surface area contributed by atoms with Crippen molar-refractivity contribution >= 4 is 22.6 Å². The Morgan fingerprint density at radius 1 is 1.07 bits per heavy atom. The summed E-state index contributed by atoms with van der Waals surface area (Å²) >= 11 is 0. The number of hydrogen-bond acceptors (Lipinski definition) is 2. The summed E-state index contributed by atoms with van der Waals surface area (Å²) in [5, 5.41) is 1.14. The number of aryl methyl sites for hydroxylation is 1. The van der Waals surface area contributed by atoms with E-state index in [0.717, 1.165) is 28.7 Å². The molecule has 3 heterocycles. The Morgan fingerprint density at radius 2 is 1.83 bits per heavy atom. The van der Waals surface area contributed by atoms with Crippen molar-refractivity contribution in [3.63, 3.8) is 0 Å². The number of nitrogens with zero attached hydrogens (tertiary/aromatic N) is 2. The second kappa shape index (κ2) is 7.77. The Morgan fingerprint density at radius 3 is 2.52 bits per heavy atom. The van der Waals surface area contributed by atoms with Crippen LogP contribution in [0.25, 0.3) is 10.9 Å². The van der Waals surface area contributed by atoms with E-state index in [1.807, 2.05) is 40.3 Å². The van der Waals surface area contributed by atoms with Crippen molar-refractivity contribution in [1.82, 2.24) is 9.88 Å². The predicted octanol–water partition coefficient (Wildman–Crippen LogP) is 3.28. The lowest BCUT2D eigenvalue weighted by Gasteiger charge is -2.31. The number of piperazine rings is 1. The lowest BCUT2D eigenvalue weighted by molar-refractivity contribution is -0.367. The van der Waals surface area contributed by atoms with Crippen LogP contribution in [0.2, 0.25) is 0 Å². The van der Waals surface area contributed by atoms with Crippen molar-refractivity contribution in [2.75, 3.05) is 31.1 Å². The minimum absolute atomic E-state index is 0.103. The molecule has 8 heteroatoms. The van der Waals surface area contributed by atoms with Gasteiger partial charge in [-0.2, -0.15) is 13.2 Å². The number of halogens is 3. The van der Waals surface area contributed by atoms with Crippen molar-refractivity contribution in [2.24, 2.45) is 0 Å². The van der Waals surface area contributed by atoms with Gasteiger partial charge in [-0.1, -0.05) is 18.2 Å². The number of hydrogen-bond donors (Lipinski definition) is 1. The van der Waals surface area contributed by atoms with Crippen LogP contribution in [0.1, 0.15) is 17.5 Å². The van der Waals surface area contributed by atoms with Gasteiger partial charge in [0.15, 0.2) is 0 Å². The van der Waals surface area contributed by atoms with E-state index in [4.69, 9.17) is 0 Å². The van der Waals surface area contributed by atoms with Crippen LogP contribution in [-0.2, 0) is 17.4 Å². The van der Waals surface area contributed by atoms with E-state index in [1.54, 1.807) is 0 Å². The van der Waals surface area contributed by atoms with Gasteiger partial charge in [0.2, 0.25) is 5.91 Å². The molecule has 152 valence electrons. The van der Waals surface area contributed by atoms with E-state index in [0.29, 0.717) is 44.8 Å². The van der Waals surface area contributed by atoms with Crippen LogP contribution in [0, 0.1) is 0 Å². The average molecular weight is 403 g/mol. The Balaban J connectivity index is 1.30. The number of pyridine rings is 1. The van der Waals surface area contributed by atoms with Gasteiger partial charge < -0.3 is 9.88 Å². The Kier molecular flexibility index (Phi) is 5.17. The van der Waals surface area contributed by atoms with Crippen LogP contribution in [0.15, 0.2) is 48.8 Å². The first-order valence-electron chi connectivity index (χ1n) is 9.58. The summed E-state index contributed by atoms with van der Waals surface area (Å²) in [7, 11) is 0. The van der Waals surface area contributed by atoms with E-state index in [-0.39, 0.29) is 5.91 Å². The van der Waals surface area contributed by atoms with E-state index in [9.17, 15) is 18.0 Å². The molecule has 1 aromatic carbocycles. The smallest absolute Gasteiger partial charge is 0.361 e. The number of fused-ring (bicyclic) bond motifs is 1. The molecule has 1 aliphatic rings. The van der Waals surface area contributed by atoms with Crippen LogP contribution in [0.5, 0.6) is 0 Å².